The van der Waals surface area contributed by atoms with Gasteiger partial charge in [0.05, 0.1) is 0 Å². The third-order valence-corrected chi connectivity index (χ3v) is 4.73. The fourth-order valence-corrected chi connectivity index (χ4v) is 3.40. The molecule has 2 heterocycles. The van der Waals surface area contributed by atoms with Crippen molar-refractivity contribution in [2.24, 2.45) is 5.41 Å². The average Bonchev–Trinajstić information content (AvgIpc) is 2.36. The molecule has 0 radical (unpaired) electrons. The van der Waals surface area contributed by atoms with E-state index in [1.807, 2.05) is 19.2 Å². The summed E-state index contributed by atoms with van der Waals surface area (Å²) in [4.78, 5) is 12.1. The largest absolute Gasteiger partial charge is 0.381 e. The molecule has 1 saturated heterocycles. The quantitative estimate of drug-likeness (QED) is 0.863. The molecule has 2 rings (SSSR count). The zero-order valence-corrected chi connectivity index (χ0v) is 13.0. The van der Waals surface area contributed by atoms with Gasteiger partial charge in [-0.05, 0) is 47.5 Å². The molecule has 3 nitrogen and oxygen atoms in total. The molecule has 1 aliphatic heterocycles. The summed E-state index contributed by atoms with van der Waals surface area (Å²) in [6.45, 7) is 4.10. The topological polar surface area (TPSA) is 31.2 Å². The van der Waals surface area contributed by atoms with Gasteiger partial charge in [-0.25, -0.2) is 0 Å². The molecule has 5 heteroatoms. The molecule has 0 spiro atoms. The van der Waals surface area contributed by atoms with Crippen molar-refractivity contribution in [2.75, 3.05) is 19.0 Å². The Labute approximate surface area is 121 Å². The first-order valence-corrected chi connectivity index (χ1v) is 7.54. The van der Waals surface area contributed by atoms with Crippen molar-refractivity contribution in [2.45, 2.75) is 26.3 Å². The molecule has 1 aliphatic rings. The van der Waals surface area contributed by atoms with Crippen LogP contribution in [0.2, 0.25) is 0 Å². The highest BCUT2D eigenvalue weighted by Crippen LogP contribution is 2.33. The van der Waals surface area contributed by atoms with Crippen molar-refractivity contribution in [3.8, 4) is 0 Å². The summed E-state index contributed by atoms with van der Waals surface area (Å²) in [5, 5.41) is 0. The molecular weight excluding hydrogens is 314 g/mol. The van der Waals surface area contributed by atoms with Crippen molar-refractivity contribution < 1.29 is 4.74 Å². The van der Waals surface area contributed by atoms with E-state index in [0.717, 1.165) is 48.4 Å². The highest BCUT2D eigenvalue weighted by atomic mass is 79.9. The molecule has 100 valence electrons. The molecule has 0 aromatic carbocycles. The minimum Gasteiger partial charge on any atom is -0.381 e. The number of ether oxygens (including phenoxy) is 1. The first-order chi connectivity index (χ1) is 8.56. The summed E-state index contributed by atoms with van der Waals surface area (Å²) in [6, 6.07) is 1.86. The Balaban J connectivity index is 2.29. The summed E-state index contributed by atoms with van der Waals surface area (Å²) in [6.07, 6.45) is 3.80. The van der Waals surface area contributed by atoms with E-state index in [1.54, 1.807) is 4.57 Å². The monoisotopic (exact) mass is 331 g/mol. The first kappa shape index (κ1) is 14.2. The van der Waals surface area contributed by atoms with E-state index in [0.29, 0.717) is 0 Å². The highest BCUT2D eigenvalue weighted by molar-refractivity contribution is 9.10. The number of aryl methyl sites for hydroxylation is 1. The lowest BCUT2D eigenvalue weighted by atomic mass is 9.82. The van der Waals surface area contributed by atoms with Crippen molar-refractivity contribution in [3.05, 3.63) is 32.7 Å². The van der Waals surface area contributed by atoms with E-state index in [1.165, 1.54) is 0 Å². The van der Waals surface area contributed by atoms with Gasteiger partial charge in [-0.1, -0.05) is 0 Å². The van der Waals surface area contributed by atoms with E-state index < -0.39 is 0 Å². The Kier molecular flexibility index (Phi) is 4.56. The number of hydrogen-bond acceptors (Lipinski definition) is 3. The molecule has 0 amide bonds. The van der Waals surface area contributed by atoms with Gasteiger partial charge in [0.25, 0.3) is 5.56 Å². The first-order valence-electron chi connectivity index (χ1n) is 6.11. The van der Waals surface area contributed by atoms with Crippen LogP contribution >= 0.6 is 28.6 Å². The van der Waals surface area contributed by atoms with E-state index in [4.69, 9.17) is 4.74 Å². The summed E-state index contributed by atoms with van der Waals surface area (Å²) in [7, 11) is 0. The third kappa shape index (κ3) is 3.00. The van der Waals surface area contributed by atoms with Gasteiger partial charge < -0.3 is 9.30 Å². The Morgan fingerprint density at radius 1 is 1.50 bits per heavy atom. The van der Waals surface area contributed by atoms with E-state index in [-0.39, 0.29) is 11.0 Å². The predicted molar refractivity (Wildman–Crippen MR) is 79.5 cm³/mol. The highest BCUT2D eigenvalue weighted by Gasteiger charge is 2.32. The van der Waals surface area contributed by atoms with Crippen LogP contribution in [0.15, 0.2) is 21.5 Å². The van der Waals surface area contributed by atoms with Gasteiger partial charge >= 0.3 is 0 Å². The number of aromatic nitrogens is 1. The Morgan fingerprint density at radius 2 is 2.17 bits per heavy atom. The number of thiol groups is 1. The minimum atomic E-state index is 0.0818. The molecule has 0 aliphatic carbocycles. The maximum atomic E-state index is 12.1. The number of nitrogens with zero attached hydrogens (tertiary/aromatic N) is 1. The van der Waals surface area contributed by atoms with Gasteiger partial charge in [0.15, 0.2) is 0 Å². The van der Waals surface area contributed by atoms with Crippen LogP contribution < -0.4 is 5.56 Å². The number of hydrogen-bond donors (Lipinski definition) is 1. The van der Waals surface area contributed by atoms with Crippen LogP contribution in [0, 0.1) is 12.3 Å². The fraction of sp³-hybridized carbons (Fsp3) is 0.615. The van der Waals surface area contributed by atoms with Crippen LogP contribution in [0.1, 0.15) is 18.4 Å². The summed E-state index contributed by atoms with van der Waals surface area (Å²) in [5.74, 6) is 0.786. The fourth-order valence-electron chi connectivity index (χ4n) is 2.39. The Hall–Kier alpha value is -0.260. The number of rotatable bonds is 3. The molecule has 18 heavy (non-hydrogen) atoms. The van der Waals surface area contributed by atoms with Crippen LogP contribution in [0.25, 0.3) is 0 Å². The maximum Gasteiger partial charge on any atom is 0.253 e. The van der Waals surface area contributed by atoms with Gasteiger partial charge in [-0.3, -0.25) is 4.79 Å². The van der Waals surface area contributed by atoms with Gasteiger partial charge in [0.1, 0.15) is 0 Å². The lowest BCUT2D eigenvalue weighted by molar-refractivity contribution is 0.0177. The lowest BCUT2D eigenvalue weighted by Crippen LogP contribution is -2.38. The molecule has 1 aromatic heterocycles. The Morgan fingerprint density at radius 3 is 2.78 bits per heavy atom. The molecule has 0 N–H and O–H groups in total. The average molecular weight is 332 g/mol. The van der Waals surface area contributed by atoms with Crippen molar-refractivity contribution >= 4 is 28.6 Å². The smallest absolute Gasteiger partial charge is 0.253 e. The second-order valence-corrected chi connectivity index (χ2v) is 6.28. The molecule has 1 aromatic rings. The van der Waals surface area contributed by atoms with Gasteiger partial charge in [0, 0.05) is 41.4 Å². The molecule has 0 bridgehead atoms. The van der Waals surface area contributed by atoms with Crippen molar-refractivity contribution in [1.29, 1.82) is 0 Å². The second-order valence-electron chi connectivity index (χ2n) is 5.04. The van der Waals surface area contributed by atoms with Crippen molar-refractivity contribution in [3.63, 3.8) is 0 Å². The Bertz CT molecular complexity index is 480. The van der Waals surface area contributed by atoms with E-state index >= 15 is 0 Å². The standard InChI is InChI=1S/C13H18BrNO2S/c1-10-6-11(14)7-15(12(10)16)8-13(9-18)2-4-17-5-3-13/h6-7,18H,2-5,8-9H2,1H3. The number of pyridine rings is 1. The van der Waals surface area contributed by atoms with Crippen LogP contribution in [0.3, 0.4) is 0 Å². The molecular formula is C13H18BrNO2S. The molecule has 0 saturated carbocycles. The SMILES string of the molecule is Cc1cc(Br)cn(CC2(CS)CCOCC2)c1=O. The van der Waals surface area contributed by atoms with Gasteiger partial charge in [-0.2, -0.15) is 12.6 Å². The van der Waals surface area contributed by atoms with Crippen LogP contribution in [-0.2, 0) is 11.3 Å². The molecule has 1 fully saturated rings. The van der Waals surface area contributed by atoms with Crippen LogP contribution in [0.5, 0.6) is 0 Å². The third-order valence-electron chi connectivity index (χ3n) is 3.63. The molecule has 0 unspecified atom stereocenters. The summed E-state index contributed by atoms with van der Waals surface area (Å²) >= 11 is 7.93. The molecule has 0 atom stereocenters. The van der Waals surface area contributed by atoms with Crippen LogP contribution in [-0.4, -0.2) is 23.5 Å². The van der Waals surface area contributed by atoms with Crippen molar-refractivity contribution in [1.82, 2.24) is 4.57 Å². The zero-order valence-electron chi connectivity index (χ0n) is 10.5. The van der Waals surface area contributed by atoms with Crippen LogP contribution in [0.4, 0.5) is 0 Å². The maximum absolute atomic E-state index is 12.1. The summed E-state index contributed by atoms with van der Waals surface area (Å²) in [5.41, 5.74) is 0.940. The van der Waals surface area contributed by atoms with E-state index in [2.05, 4.69) is 28.6 Å². The van der Waals surface area contributed by atoms with Gasteiger partial charge in [0.2, 0.25) is 0 Å². The summed E-state index contributed by atoms with van der Waals surface area (Å²) < 4.78 is 8.16. The lowest BCUT2D eigenvalue weighted by Gasteiger charge is -2.36. The second kappa shape index (κ2) is 5.80. The normalized spacial score (nSPS) is 18.8. The van der Waals surface area contributed by atoms with E-state index in [9.17, 15) is 4.79 Å². The zero-order chi connectivity index (χ0) is 13.2. The minimum absolute atomic E-state index is 0.0818. The predicted octanol–water partition coefficient (Wildman–Crippen LogP) is 2.65. The van der Waals surface area contributed by atoms with Gasteiger partial charge in [-0.15, -0.1) is 0 Å². The number of halogens is 1.